The van der Waals surface area contributed by atoms with E-state index in [9.17, 15) is 18.0 Å². The minimum Gasteiger partial charge on any atom is -0.382 e. The number of amides is 2. The maximum atomic E-state index is 12.7. The average molecular weight is 468 g/mol. The lowest BCUT2D eigenvalue weighted by atomic mass is 10.1. The summed E-state index contributed by atoms with van der Waals surface area (Å²) in [6.07, 6.45) is 3.67. The van der Waals surface area contributed by atoms with E-state index >= 15 is 0 Å². The summed E-state index contributed by atoms with van der Waals surface area (Å²) in [4.78, 5) is 20.8. The van der Waals surface area contributed by atoms with E-state index in [1.165, 1.54) is 12.1 Å². The summed E-state index contributed by atoms with van der Waals surface area (Å²) in [6.45, 7) is 0.256. The molecule has 2 heterocycles. The van der Waals surface area contributed by atoms with E-state index in [0.29, 0.717) is 11.8 Å². The van der Waals surface area contributed by atoms with Gasteiger partial charge in [0.2, 0.25) is 0 Å². The van der Waals surface area contributed by atoms with Crippen molar-refractivity contribution in [2.45, 2.75) is 31.7 Å². The Morgan fingerprint density at radius 1 is 1.12 bits per heavy atom. The van der Waals surface area contributed by atoms with E-state index in [2.05, 4.69) is 25.4 Å². The zero-order valence-corrected chi connectivity index (χ0v) is 18.1. The largest absolute Gasteiger partial charge is 0.416 e. The SMILES string of the molecule is NC1=NC=CN2C1=CN(c1cccc(CNC(=O)Nc3ccc(C(F)(F)F)cc3)c1)C2C1CC1. The molecule has 2 aliphatic heterocycles. The van der Waals surface area contributed by atoms with E-state index in [4.69, 9.17) is 5.73 Å². The van der Waals surface area contributed by atoms with Gasteiger partial charge in [-0.1, -0.05) is 12.1 Å². The fourth-order valence-corrected chi connectivity index (χ4v) is 4.17. The number of benzene rings is 2. The van der Waals surface area contributed by atoms with Gasteiger partial charge >= 0.3 is 12.2 Å². The van der Waals surface area contributed by atoms with Crippen LogP contribution < -0.4 is 21.3 Å². The molecule has 1 atom stereocenters. The highest BCUT2D eigenvalue weighted by atomic mass is 19.4. The number of alkyl halides is 3. The number of amidine groups is 1. The van der Waals surface area contributed by atoms with Gasteiger partial charge in [-0.25, -0.2) is 9.79 Å². The Balaban J connectivity index is 1.24. The lowest BCUT2D eigenvalue weighted by molar-refractivity contribution is -0.137. The smallest absolute Gasteiger partial charge is 0.382 e. The van der Waals surface area contributed by atoms with E-state index in [1.54, 1.807) is 6.20 Å². The topological polar surface area (TPSA) is 86.0 Å². The van der Waals surface area contributed by atoms with Gasteiger partial charge in [0.25, 0.3) is 0 Å². The summed E-state index contributed by atoms with van der Waals surface area (Å²) in [6, 6.07) is 11.6. The zero-order chi connectivity index (χ0) is 23.9. The first-order valence-corrected chi connectivity index (χ1v) is 10.9. The van der Waals surface area contributed by atoms with Gasteiger partial charge in [0.1, 0.15) is 17.7 Å². The van der Waals surface area contributed by atoms with Crippen LogP contribution in [0.4, 0.5) is 29.3 Å². The van der Waals surface area contributed by atoms with Crippen molar-refractivity contribution in [2.75, 3.05) is 10.2 Å². The zero-order valence-electron chi connectivity index (χ0n) is 18.1. The fraction of sp³-hybridized carbons (Fsp3) is 0.250. The van der Waals surface area contributed by atoms with Crippen molar-refractivity contribution in [3.8, 4) is 0 Å². The van der Waals surface area contributed by atoms with Crippen LogP contribution in [0.2, 0.25) is 0 Å². The summed E-state index contributed by atoms with van der Waals surface area (Å²) in [7, 11) is 0. The normalized spacial score (nSPS) is 19.4. The molecule has 0 spiro atoms. The summed E-state index contributed by atoms with van der Waals surface area (Å²) in [5, 5.41) is 5.30. The van der Waals surface area contributed by atoms with Crippen molar-refractivity contribution in [2.24, 2.45) is 16.6 Å². The lowest BCUT2D eigenvalue weighted by Crippen LogP contribution is -2.41. The third-order valence-corrected chi connectivity index (χ3v) is 5.99. The maximum Gasteiger partial charge on any atom is 0.416 e. The number of carbonyl (C=O) groups is 1. The van der Waals surface area contributed by atoms with Gasteiger partial charge in [-0.05, 0) is 60.7 Å². The van der Waals surface area contributed by atoms with Crippen molar-refractivity contribution < 1.29 is 18.0 Å². The van der Waals surface area contributed by atoms with Gasteiger partial charge in [0, 0.05) is 36.5 Å². The van der Waals surface area contributed by atoms with Crippen molar-refractivity contribution in [1.29, 1.82) is 0 Å². The van der Waals surface area contributed by atoms with Gasteiger partial charge in [-0.2, -0.15) is 13.2 Å². The number of rotatable bonds is 5. The number of anilines is 2. The van der Waals surface area contributed by atoms with Crippen LogP contribution in [0.5, 0.6) is 0 Å². The quantitative estimate of drug-likeness (QED) is 0.600. The molecule has 0 saturated heterocycles. The van der Waals surface area contributed by atoms with Gasteiger partial charge in [0.05, 0.1) is 5.56 Å². The Morgan fingerprint density at radius 2 is 1.88 bits per heavy atom. The molecule has 1 saturated carbocycles. The molecule has 34 heavy (non-hydrogen) atoms. The molecule has 2 aromatic rings. The summed E-state index contributed by atoms with van der Waals surface area (Å²) in [5.74, 6) is 1.01. The molecular formula is C24H23F3N6O. The van der Waals surface area contributed by atoms with Crippen LogP contribution in [0, 0.1) is 5.92 Å². The minimum atomic E-state index is -4.42. The fourth-order valence-electron chi connectivity index (χ4n) is 4.17. The first-order chi connectivity index (χ1) is 16.3. The second-order valence-corrected chi connectivity index (χ2v) is 8.45. The predicted molar refractivity (Wildman–Crippen MR) is 123 cm³/mol. The molecule has 0 aromatic heterocycles. The molecule has 1 fully saturated rings. The summed E-state index contributed by atoms with van der Waals surface area (Å²) in [5.41, 5.74) is 8.34. The van der Waals surface area contributed by atoms with E-state index in [1.807, 2.05) is 36.7 Å². The number of nitrogens with two attached hydrogens (primary N) is 1. The van der Waals surface area contributed by atoms with Crippen LogP contribution >= 0.6 is 0 Å². The molecule has 176 valence electrons. The van der Waals surface area contributed by atoms with Gasteiger partial charge < -0.3 is 26.2 Å². The van der Waals surface area contributed by atoms with Gasteiger partial charge in [-0.3, -0.25) is 0 Å². The molecule has 0 radical (unpaired) electrons. The first-order valence-electron chi connectivity index (χ1n) is 10.9. The number of aliphatic imine (C=N–C) groups is 1. The van der Waals surface area contributed by atoms with Crippen molar-refractivity contribution >= 4 is 23.2 Å². The second kappa shape index (κ2) is 8.44. The molecule has 3 aliphatic rings. The molecule has 4 N–H and O–H groups in total. The Kier molecular flexibility index (Phi) is 5.43. The standard InChI is InChI=1S/C24H23F3N6O/c25-24(26,27)17-6-8-18(9-7-17)31-23(34)30-13-15-2-1-3-19(12-15)33-14-20-21(28)29-10-11-32(20)22(33)16-4-5-16/h1-3,6-12,14,16,22H,4-5,13H2,(H2,28,29)(H2,30,31,34). The Hall–Kier alpha value is -3.95. The molecule has 10 heteroatoms. The summed E-state index contributed by atoms with van der Waals surface area (Å²) >= 11 is 0. The van der Waals surface area contributed by atoms with Gasteiger partial charge in [-0.15, -0.1) is 0 Å². The number of hydrogen-bond donors (Lipinski definition) is 3. The number of halogens is 3. The number of fused-ring (bicyclic) bond motifs is 1. The first kappa shape index (κ1) is 21.9. The Morgan fingerprint density at radius 3 is 2.59 bits per heavy atom. The third-order valence-electron chi connectivity index (χ3n) is 5.99. The third kappa shape index (κ3) is 4.43. The van der Waals surface area contributed by atoms with Crippen LogP contribution in [0.1, 0.15) is 24.0 Å². The van der Waals surface area contributed by atoms with Crippen LogP contribution in [0.25, 0.3) is 0 Å². The second-order valence-electron chi connectivity index (χ2n) is 8.45. The van der Waals surface area contributed by atoms with Crippen molar-refractivity contribution in [3.05, 3.63) is 84.0 Å². The predicted octanol–water partition coefficient (Wildman–Crippen LogP) is 4.57. The average Bonchev–Trinajstić information content (AvgIpc) is 3.57. The number of nitrogens with zero attached hydrogens (tertiary/aromatic N) is 3. The number of carbonyl (C=O) groups excluding carboxylic acids is 1. The highest BCUT2D eigenvalue weighted by Gasteiger charge is 2.44. The van der Waals surface area contributed by atoms with Crippen molar-refractivity contribution in [3.63, 3.8) is 0 Å². The van der Waals surface area contributed by atoms with Crippen molar-refractivity contribution in [1.82, 2.24) is 10.2 Å². The molecular weight excluding hydrogens is 445 g/mol. The highest BCUT2D eigenvalue weighted by molar-refractivity contribution is 5.99. The van der Waals surface area contributed by atoms with Crippen LogP contribution in [0.3, 0.4) is 0 Å². The molecule has 7 nitrogen and oxygen atoms in total. The summed E-state index contributed by atoms with van der Waals surface area (Å²) < 4.78 is 38.1. The molecule has 1 unspecified atom stereocenters. The lowest BCUT2D eigenvalue weighted by Gasteiger charge is -2.33. The number of nitrogens with one attached hydrogen (secondary N) is 2. The minimum absolute atomic E-state index is 0.131. The Bertz CT molecular complexity index is 1180. The molecule has 2 amide bonds. The van der Waals surface area contributed by atoms with Crippen LogP contribution in [-0.4, -0.2) is 22.9 Å². The highest BCUT2D eigenvalue weighted by Crippen LogP contribution is 2.44. The molecule has 0 bridgehead atoms. The molecule has 1 aliphatic carbocycles. The van der Waals surface area contributed by atoms with E-state index < -0.39 is 17.8 Å². The van der Waals surface area contributed by atoms with E-state index in [-0.39, 0.29) is 18.4 Å². The number of urea groups is 1. The molecule has 2 aromatic carbocycles. The number of hydrogen-bond acceptors (Lipinski definition) is 5. The maximum absolute atomic E-state index is 12.7. The van der Waals surface area contributed by atoms with Gasteiger partial charge in [0.15, 0.2) is 0 Å². The monoisotopic (exact) mass is 468 g/mol. The van der Waals surface area contributed by atoms with E-state index in [0.717, 1.165) is 41.9 Å². The Labute approximate surface area is 194 Å². The molecule has 5 rings (SSSR count). The van der Waals surface area contributed by atoms with Crippen LogP contribution in [0.15, 0.2) is 77.8 Å². The van der Waals surface area contributed by atoms with Crippen LogP contribution in [-0.2, 0) is 12.7 Å².